The zero-order valence-electron chi connectivity index (χ0n) is 9.85. The Bertz CT molecular complexity index is 516. The Balaban J connectivity index is 2.94. The van der Waals surface area contributed by atoms with Gasteiger partial charge in [0, 0.05) is 5.88 Å². The number of nitrogens with one attached hydrogen (secondary N) is 1. The molecule has 0 spiro atoms. The summed E-state index contributed by atoms with van der Waals surface area (Å²) in [6.45, 7) is 0. The van der Waals surface area contributed by atoms with Crippen LogP contribution in [0.2, 0.25) is 0 Å². The first-order valence-corrected chi connectivity index (χ1v) is 7.42. The lowest BCUT2D eigenvalue weighted by Gasteiger charge is -2.10. The van der Waals surface area contributed by atoms with Gasteiger partial charge in [-0.3, -0.25) is 4.72 Å². The van der Waals surface area contributed by atoms with Crippen molar-refractivity contribution in [3.63, 3.8) is 0 Å². The van der Waals surface area contributed by atoms with Gasteiger partial charge in [0.1, 0.15) is 0 Å². The molecular weight excluding hydrogens is 278 g/mol. The predicted molar refractivity (Wildman–Crippen MR) is 70.5 cm³/mol. The van der Waals surface area contributed by atoms with Crippen molar-refractivity contribution in [2.24, 2.45) is 0 Å². The quantitative estimate of drug-likeness (QED) is 0.641. The number of anilines is 1. The van der Waals surface area contributed by atoms with Gasteiger partial charge in [-0.25, -0.2) is 13.2 Å². The van der Waals surface area contributed by atoms with Crippen LogP contribution in [0.25, 0.3) is 0 Å². The first kappa shape index (κ1) is 14.8. The van der Waals surface area contributed by atoms with Crippen LogP contribution in [-0.2, 0) is 14.8 Å². The van der Waals surface area contributed by atoms with Gasteiger partial charge in [0.2, 0.25) is 10.0 Å². The van der Waals surface area contributed by atoms with E-state index >= 15 is 0 Å². The monoisotopic (exact) mass is 291 g/mol. The van der Waals surface area contributed by atoms with Crippen LogP contribution in [0.5, 0.6) is 0 Å². The molecule has 0 aromatic heterocycles. The lowest BCUT2D eigenvalue weighted by atomic mass is 10.2. The highest BCUT2D eigenvalue weighted by Gasteiger charge is 2.16. The SMILES string of the molecule is COC(=O)c1ccccc1NS(=O)(=O)CCCCl. The van der Waals surface area contributed by atoms with Gasteiger partial charge >= 0.3 is 5.97 Å². The molecule has 0 unspecified atom stereocenters. The lowest BCUT2D eigenvalue weighted by molar-refractivity contribution is 0.0602. The Morgan fingerprint density at radius 1 is 1.39 bits per heavy atom. The van der Waals surface area contributed by atoms with Crippen molar-refractivity contribution in [3.05, 3.63) is 29.8 Å². The fourth-order valence-corrected chi connectivity index (χ4v) is 2.75. The highest BCUT2D eigenvalue weighted by molar-refractivity contribution is 7.92. The summed E-state index contributed by atoms with van der Waals surface area (Å²) in [5.41, 5.74) is 0.383. The number of benzene rings is 1. The van der Waals surface area contributed by atoms with Crippen molar-refractivity contribution in [3.8, 4) is 0 Å². The molecule has 0 fully saturated rings. The van der Waals surface area contributed by atoms with E-state index in [0.717, 1.165) is 0 Å². The average molecular weight is 292 g/mol. The third-order valence-electron chi connectivity index (χ3n) is 2.14. The fourth-order valence-electron chi connectivity index (χ4n) is 1.32. The molecule has 100 valence electrons. The van der Waals surface area contributed by atoms with Crippen LogP contribution in [0, 0.1) is 0 Å². The van der Waals surface area contributed by atoms with Gasteiger partial charge in [0.25, 0.3) is 0 Å². The lowest BCUT2D eigenvalue weighted by Crippen LogP contribution is -2.19. The Morgan fingerprint density at radius 3 is 2.67 bits per heavy atom. The third kappa shape index (κ3) is 4.19. The van der Waals surface area contributed by atoms with Crippen molar-refractivity contribution in [2.75, 3.05) is 23.5 Å². The van der Waals surface area contributed by atoms with E-state index < -0.39 is 16.0 Å². The van der Waals surface area contributed by atoms with Crippen molar-refractivity contribution in [1.82, 2.24) is 0 Å². The molecule has 5 nitrogen and oxygen atoms in total. The van der Waals surface area contributed by atoms with Gasteiger partial charge in [-0.05, 0) is 18.6 Å². The number of carbonyl (C=O) groups is 1. The minimum absolute atomic E-state index is 0.0913. The zero-order valence-corrected chi connectivity index (χ0v) is 11.4. The number of rotatable bonds is 6. The number of ether oxygens (including phenoxy) is 1. The second-order valence-corrected chi connectivity index (χ2v) is 5.72. The summed E-state index contributed by atoms with van der Waals surface area (Å²) in [5, 5.41) is 0. The molecule has 1 rings (SSSR count). The number of sulfonamides is 1. The summed E-state index contributed by atoms with van der Waals surface area (Å²) >= 11 is 5.45. The van der Waals surface area contributed by atoms with Crippen molar-refractivity contribution in [2.45, 2.75) is 6.42 Å². The molecule has 0 amide bonds. The topological polar surface area (TPSA) is 72.5 Å². The summed E-state index contributed by atoms with van der Waals surface area (Å²) in [6.07, 6.45) is 0.345. The van der Waals surface area contributed by atoms with E-state index in [1.807, 2.05) is 0 Å². The molecular formula is C11H14ClNO4S. The molecule has 0 heterocycles. The molecule has 0 radical (unpaired) electrons. The largest absolute Gasteiger partial charge is 0.465 e. The maximum Gasteiger partial charge on any atom is 0.339 e. The summed E-state index contributed by atoms with van der Waals surface area (Å²) < 4.78 is 30.3. The first-order chi connectivity index (χ1) is 8.50. The van der Waals surface area contributed by atoms with Crippen LogP contribution in [-0.4, -0.2) is 33.1 Å². The molecule has 7 heteroatoms. The van der Waals surface area contributed by atoms with E-state index in [9.17, 15) is 13.2 Å². The molecule has 0 saturated carbocycles. The Labute approximate surface area is 111 Å². The molecule has 1 aromatic rings. The number of carbonyl (C=O) groups excluding carboxylic acids is 1. The van der Waals surface area contributed by atoms with Gasteiger partial charge in [0.05, 0.1) is 24.1 Å². The highest BCUT2D eigenvalue weighted by Crippen LogP contribution is 2.17. The van der Waals surface area contributed by atoms with E-state index in [-0.39, 0.29) is 22.9 Å². The number of alkyl halides is 1. The van der Waals surface area contributed by atoms with Crippen LogP contribution in [0.15, 0.2) is 24.3 Å². The van der Waals surface area contributed by atoms with E-state index in [1.54, 1.807) is 12.1 Å². The standard InChI is InChI=1S/C11H14ClNO4S/c1-17-11(14)9-5-2-3-6-10(9)13-18(15,16)8-4-7-12/h2-3,5-6,13H,4,7-8H2,1H3. The second-order valence-electron chi connectivity index (χ2n) is 3.50. The smallest absolute Gasteiger partial charge is 0.339 e. The molecule has 0 aliphatic rings. The minimum Gasteiger partial charge on any atom is -0.465 e. The van der Waals surface area contributed by atoms with Crippen molar-refractivity contribution < 1.29 is 17.9 Å². The van der Waals surface area contributed by atoms with E-state index in [4.69, 9.17) is 11.6 Å². The van der Waals surface area contributed by atoms with Crippen LogP contribution < -0.4 is 4.72 Å². The van der Waals surface area contributed by atoms with Crippen LogP contribution in [0.4, 0.5) is 5.69 Å². The highest BCUT2D eigenvalue weighted by atomic mass is 35.5. The Morgan fingerprint density at radius 2 is 2.06 bits per heavy atom. The normalized spacial score (nSPS) is 11.0. The van der Waals surface area contributed by atoms with Crippen LogP contribution in [0.1, 0.15) is 16.8 Å². The number of hydrogen-bond acceptors (Lipinski definition) is 4. The molecule has 0 saturated heterocycles. The van der Waals surface area contributed by atoms with Crippen LogP contribution >= 0.6 is 11.6 Å². The molecule has 1 N–H and O–H groups in total. The third-order valence-corrected chi connectivity index (χ3v) is 3.77. The summed E-state index contributed by atoms with van der Waals surface area (Å²) in [5.74, 6) is -0.420. The fraction of sp³-hybridized carbons (Fsp3) is 0.364. The molecule has 0 atom stereocenters. The molecule has 18 heavy (non-hydrogen) atoms. The number of halogens is 1. The van der Waals surface area contributed by atoms with E-state index in [2.05, 4.69) is 9.46 Å². The summed E-state index contributed by atoms with van der Waals surface area (Å²) in [4.78, 5) is 11.5. The molecule has 0 bridgehead atoms. The zero-order chi connectivity index (χ0) is 13.6. The molecule has 1 aromatic carbocycles. The number of methoxy groups -OCH3 is 1. The predicted octanol–water partition coefficient (Wildman–Crippen LogP) is 1.84. The van der Waals surface area contributed by atoms with Crippen LogP contribution in [0.3, 0.4) is 0 Å². The Hall–Kier alpha value is -1.27. The van der Waals surface area contributed by atoms with Gasteiger partial charge in [-0.1, -0.05) is 12.1 Å². The maximum atomic E-state index is 11.7. The van der Waals surface area contributed by atoms with Gasteiger partial charge in [0.15, 0.2) is 0 Å². The van der Waals surface area contributed by atoms with Gasteiger partial charge < -0.3 is 4.74 Å². The first-order valence-electron chi connectivity index (χ1n) is 5.24. The number of para-hydroxylation sites is 1. The maximum absolute atomic E-state index is 11.7. The second kappa shape index (κ2) is 6.61. The number of esters is 1. The number of hydrogen-bond donors (Lipinski definition) is 1. The molecule has 0 aliphatic heterocycles. The van der Waals surface area contributed by atoms with Gasteiger partial charge in [-0.2, -0.15) is 0 Å². The average Bonchev–Trinajstić information content (AvgIpc) is 2.36. The minimum atomic E-state index is -3.50. The Kier molecular flexibility index (Phi) is 5.43. The molecule has 0 aliphatic carbocycles. The summed E-state index contributed by atoms with van der Waals surface area (Å²) in [7, 11) is -2.27. The van der Waals surface area contributed by atoms with Gasteiger partial charge in [-0.15, -0.1) is 11.6 Å². The van der Waals surface area contributed by atoms with Crippen molar-refractivity contribution >= 4 is 33.3 Å². The van der Waals surface area contributed by atoms with E-state index in [1.165, 1.54) is 19.2 Å². The van der Waals surface area contributed by atoms with E-state index in [0.29, 0.717) is 6.42 Å². The van der Waals surface area contributed by atoms with Crippen molar-refractivity contribution in [1.29, 1.82) is 0 Å². The summed E-state index contributed by atoms with van der Waals surface area (Å²) in [6, 6.07) is 6.25.